The van der Waals surface area contributed by atoms with Gasteiger partial charge in [-0.05, 0) is 6.92 Å². The summed E-state index contributed by atoms with van der Waals surface area (Å²) in [6.07, 6.45) is 0. The molecule has 0 bridgehead atoms. The number of alkyl halides is 1. The Labute approximate surface area is 87.3 Å². The van der Waals surface area contributed by atoms with Gasteiger partial charge < -0.3 is 14.0 Å². The molecule has 1 atom stereocenters. The number of methoxy groups -OCH3 is 1. The number of hydrogen-bond donors (Lipinski definition) is 0. The molecule has 0 aliphatic heterocycles. The highest BCUT2D eigenvalue weighted by molar-refractivity contribution is 6.20. The maximum absolute atomic E-state index is 5.75. The zero-order valence-corrected chi connectivity index (χ0v) is 8.95. The Bertz CT molecular complexity index is 265. The van der Waals surface area contributed by atoms with Crippen LogP contribution in [0.1, 0.15) is 24.0 Å². The lowest BCUT2D eigenvalue weighted by Gasteiger charge is -1.98. The second-order valence-electron chi connectivity index (χ2n) is 2.71. The number of ether oxygens (including phenoxy) is 2. The average molecular weight is 221 g/mol. The van der Waals surface area contributed by atoms with Gasteiger partial charge in [0.1, 0.15) is 6.61 Å². The van der Waals surface area contributed by atoms with Crippen molar-refractivity contribution < 1.29 is 14.0 Å². The molecule has 80 valence electrons. The summed E-state index contributed by atoms with van der Waals surface area (Å²) >= 11 is 5.75. The van der Waals surface area contributed by atoms with Crippen LogP contribution in [-0.2, 0) is 16.1 Å². The molecule has 0 saturated heterocycles. The third-order valence-corrected chi connectivity index (χ3v) is 1.69. The van der Waals surface area contributed by atoms with E-state index in [0.29, 0.717) is 31.5 Å². The van der Waals surface area contributed by atoms with Crippen molar-refractivity contribution in [2.75, 3.05) is 20.3 Å². The van der Waals surface area contributed by atoms with Crippen LogP contribution in [0.5, 0.6) is 0 Å². The van der Waals surface area contributed by atoms with Crippen molar-refractivity contribution in [2.45, 2.75) is 18.9 Å². The normalized spacial score (nSPS) is 13.1. The fraction of sp³-hybridized carbons (Fsp3) is 0.750. The molecule has 0 radical (unpaired) electrons. The minimum atomic E-state index is -0.244. The summed E-state index contributed by atoms with van der Waals surface area (Å²) in [7, 11) is 1.61. The molecule has 1 heterocycles. The Morgan fingerprint density at radius 1 is 1.50 bits per heavy atom. The van der Waals surface area contributed by atoms with Gasteiger partial charge in [-0.15, -0.1) is 11.6 Å². The van der Waals surface area contributed by atoms with Crippen LogP contribution in [0.4, 0.5) is 0 Å². The maximum Gasteiger partial charge on any atom is 0.252 e. The van der Waals surface area contributed by atoms with Crippen LogP contribution >= 0.6 is 11.6 Å². The minimum absolute atomic E-state index is 0.244. The molecule has 14 heavy (non-hydrogen) atoms. The Morgan fingerprint density at radius 2 is 2.29 bits per heavy atom. The summed E-state index contributed by atoms with van der Waals surface area (Å²) in [6, 6.07) is 0. The predicted octanol–water partition coefficient (Wildman–Crippen LogP) is 1.53. The van der Waals surface area contributed by atoms with E-state index in [-0.39, 0.29) is 5.38 Å². The Hall–Kier alpha value is -0.650. The predicted molar refractivity (Wildman–Crippen MR) is 50.1 cm³/mol. The molecule has 0 amide bonds. The van der Waals surface area contributed by atoms with E-state index in [4.69, 9.17) is 25.6 Å². The van der Waals surface area contributed by atoms with Crippen LogP contribution < -0.4 is 0 Å². The van der Waals surface area contributed by atoms with E-state index in [1.165, 1.54) is 0 Å². The van der Waals surface area contributed by atoms with Crippen molar-refractivity contribution in [2.24, 2.45) is 0 Å². The molecule has 1 unspecified atom stereocenters. The maximum atomic E-state index is 5.75. The van der Waals surface area contributed by atoms with Gasteiger partial charge in [-0.3, -0.25) is 0 Å². The van der Waals surface area contributed by atoms with Crippen LogP contribution in [0.15, 0.2) is 4.52 Å². The zero-order chi connectivity index (χ0) is 10.4. The van der Waals surface area contributed by atoms with E-state index in [2.05, 4.69) is 10.1 Å². The summed E-state index contributed by atoms with van der Waals surface area (Å²) in [5.41, 5.74) is 0. The van der Waals surface area contributed by atoms with Gasteiger partial charge in [0.2, 0.25) is 0 Å². The first kappa shape index (κ1) is 11.4. The first-order valence-corrected chi connectivity index (χ1v) is 4.71. The molecule has 1 rings (SSSR count). The Balaban J connectivity index is 2.29. The average Bonchev–Trinajstić information content (AvgIpc) is 2.61. The number of hydrogen-bond acceptors (Lipinski definition) is 5. The van der Waals surface area contributed by atoms with E-state index in [1.807, 2.05) is 0 Å². The lowest BCUT2D eigenvalue weighted by molar-refractivity contribution is 0.0494. The fourth-order valence-electron chi connectivity index (χ4n) is 0.790. The van der Waals surface area contributed by atoms with Crippen molar-refractivity contribution >= 4 is 11.6 Å². The van der Waals surface area contributed by atoms with Gasteiger partial charge in [0.05, 0.1) is 18.6 Å². The van der Waals surface area contributed by atoms with Gasteiger partial charge in [0.25, 0.3) is 5.89 Å². The summed E-state index contributed by atoms with van der Waals surface area (Å²) in [5, 5.41) is 3.44. The molecule has 0 saturated carbocycles. The molecular weight excluding hydrogens is 208 g/mol. The van der Waals surface area contributed by atoms with Crippen LogP contribution in [0.25, 0.3) is 0 Å². The van der Waals surface area contributed by atoms with Gasteiger partial charge in [-0.2, -0.15) is 4.98 Å². The molecule has 1 aromatic rings. The number of halogens is 1. The summed E-state index contributed by atoms with van der Waals surface area (Å²) < 4.78 is 14.9. The van der Waals surface area contributed by atoms with E-state index in [1.54, 1.807) is 14.0 Å². The Kier molecular flexibility index (Phi) is 4.86. The second-order valence-corrected chi connectivity index (χ2v) is 3.36. The van der Waals surface area contributed by atoms with E-state index < -0.39 is 0 Å². The van der Waals surface area contributed by atoms with Crippen LogP contribution in [-0.4, -0.2) is 30.5 Å². The number of nitrogens with zero attached hydrogens (tertiary/aromatic N) is 2. The standard InChI is InChI=1S/C8H13ClN2O3/c1-6(9)8-10-7(14-11-8)5-13-4-3-12-2/h6H,3-5H2,1-2H3. The van der Waals surface area contributed by atoms with Gasteiger partial charge in [0.15, 0.2) is 5.82 Å². The van der Waals surface area contributed by atoms with Crippen LogP contribution in [0.2, 0.25) is 0 Å². The highest BCUT2D eigenvalue weighted by Gasteiger charge is 2.10. The molecule has 0 N–H and O–H groups in total. The summed E-state index contributed by atoms with van der Waals surface area (Å²) in [5.74, 6) is 0.917. The lowest BCUT2D eigenvalue weighted by atomic mass is 10.4. The minimum Gasteiger partial charge on any atom is -0.382 e. The first-order chi connectivity index (χ1) is 6.74. The highest BCUT2D eigenvalue weighted by atomic mass is 35.5. The van der Waals surface area contributed by atoms with E-state index >= 15 is 0 Å². The van der Waals surface area contributed by atoms with Gasteiger partial charge >= 0.3 is 0 Å². The topological polar surface area (TPSA) is 57.4 Å². The zero-order valence-electron chi connectivity index (χ0n) is 8.20. The molecular formula is C8H13ClN2O3. The fourth-order valence-corrected chi connectivity index (χ4v) is 0.879. The third kappa shape index (κ3) is 3.61. The molecule has 0 aliphatic rings. The van der Waals surface area contributed by atoms with Crippen LogP contribution in [0.3, 0.4) is 0 Å². The van der Waals surface area contributed by atoms with Crippen molar-refractivity contribution in [1.82, 2.24) is 10.1 Å². The number of rotatable bonds is 6. The van der Waals surface area contributed by atoms with Gasteiger partial charge in [-0.25, -0.2) is 0 Å². The van der Waals surface area contributed by atoms with Crippen molar-refractivity contribution in [1.29, 1.82) is 0 Å². The number of aromatic nitrogens is 2. The van der Waals surface area contributed by atoms with Crippen molar-refractivity contribution in [3.8, 4) is 0 Å². The van der Waals surface area contributed by atoms with Gasteiger partial charge in [0, 0.05) is 7.11 Å². The SMILES string of the molecule is COCCOCc1nc(C(C)Cl)no1. The molecule has 5 nitrogen and oxygen atoms in total. The summed E-state index contributed by atoms with van der Waals surface area (Å²) in [6.45, 7) is 3.12. The second kappa shape index (κ2) is 5.95. The first-order valence-electron chi connectivity index (χ1n) is 4.27. The lowest BCUT2D eigenvalue weighted by Crippen LogP contribution is -2.02. The molecule has 0 aliphatic carbocycles. The molecule has 1 aromatic heterocycles. The molecule has 6 heteroatoms. The molecule has 0 spiro atoms. The van der Waals surface area contributed by atoms with Crippen molar-refractivity contribution in [3.05, 3.63) is 11.7 Å². The van der Waals surface area contributed by atoms with Crippen LogP contribution in [0, 0.1) is 0 Å². The Morgan fingerprint density at radius 3 is 2.86 bits per heavy atom. The highest BCUT2D eigenvalue weighted by Crippen LogP contribution is 2.15. The molecule has 0 fully saturated rings. The molecule has 0 aromatic carbocycles. The van der Waals surface area contributed by atoms with E-state index in [0.717, 1.165) is 0 Å². The summed E-state index contributed by atoms with van der Waals surface area (Å²) in [4.78, 5) is 4.03. The smallest absolute Gasteiger partial charge is 0.252 e. The largest absolute Gasteiger partial charge is 0.382 e. The third-order valence-electron chi connectivity index (χ3n) is 1.50. The quantitative estimate of drug-likeness (QED) is 0.538. The monoisotopic (exact) mass is 220 g/mol. The van der Waals surface area contributed by atoms with Crippen molar-refractivity contribution in [3.63, 3.8) is 0 Å². The van der Waals surface area contributed by atoms with E-state index in [9.17, 15) is 0 Å². The van der Waals surface area contributed by atoms with Gasteiger partial charge in [-0.1, -0.05) is 5.16 Å².